The maximum absolute atomic E-state index is 13.6. The number of sulfonamides is 1. The summed E-state index contributed by atoms with van der Waals surface area (Å²) in [5.41, 5.74) is 0.0600. The Bertz CT molecular complexity index is 1240. The van der Waals surface area contributed by atoms with Gasteiger partial charge in [0.2, 0.25) is 21.8 Å². The van der Waals surface area contributed by atoms with E-state index in [1.54, 1.807) is 0 Å². The monoisotopic (exact) mass is 502 g/mol. The summed E-state index contributed by atoms with van der Waals surface area (Å²) < 4.78 is 46.3. The smallest absolute Gasteiger partial charge is 0.247 e. The summed E-state index contributed by atoms with van der Waals surface area (Å²) in [5.74, 6) is -3.37. The first-order valence-electron chi connectivity index (χ1n) is 11.3. The van der Waals surface area contributed by atoms with Crippen LogP contribution in [0.1, 0.15) is 54.1 Å². The molecule has 1 saturated heterocycles. The molecule has 0 spiro atoms. The van der Waals surface area contributed by atoms with E-state index in [0.717, 1.165) is 12.1 Å². The number of halogens is 1. The molecule has 0 radical (unpaired) electrons. The number of anilines is 1. The number of ketones is 1. The van der Waals surface area contributed by atoms with Crippen molar-refractivity contribution >= 4 is 27.5 Å². The highest BCUT2D eigenvalue weighted by Crippen LogP contribution is 2.32. The molecule has 1 N–H and O–H groups in total. The van der Waals surface area contributed by atoms with Gasteiger partial charge in [0, 0.05) is 12.3 Å². The molecule has 0 saturated carbocycles. The molecule has 0 unspecified atom stereocenters. The molecular formula is C24H27FN4O5S. The van der Waals surface area contributed by atoms with Crippen molar-refractivity contribution in [2.75, 3.05) is 24.5 Å². The molecule has 9 nitrogen and oxygen atoms in total. The number of hydrogen-bond donors (Lipinski definition) is 1. The maximum Gasteiger partial charge on any atom is 0.247 e. The maximum atomic E-state index is 13.6. The Morgan fingerprint density at radius 2 is 1.91 bits per heavy atom. The van der Waals surface area contributed by atoms with E-state index in [1.165, 1.54) is 25.3 Å². The fraction of sp³-hybridized carbons (Fsp3) is 0.417. The zero-order valence-corrected chi connectivity index (χ0v) is 20.4. The molecule has 0 aliphatic carbocycles. The normalized spacial score (nSPS) is 14.2. The SMILES string of the molecule is CCCC(=O)c1cc(C#N)c(N(C(=O)C2CCNCC2)S(=O)(=O)Cc2ccc(F)cc2)nc1OC. The molecule has 11 heteroatoms. The van der Waals surface area contributed by atoms with Gasteiger partial charge in [-0.3, -0.25) is 9.59 Å². The number of carbonyl (C=O) groups excluding carboxylic acids is 2. The van der Waals surface area contributed by atoms with Gasteiger partial charge in [0.1, 0.15) is 11.9 Å². The third kappa shape index (κ3) is 6.01. The lowest BCUT2D eigenvalue weighted by atomic mass is 9.97. The lowest BCUT2D eigenvalue weighted by Gasteiger charge is -2.29. The number of nitriles is 1. The second kappa shape index (κ2) is 11.4. The Morgan fingerprint density at radius 3 is 2.49 bits per heavy atom. The van der Waals surface area contributed by atoms with E-state index in [4.69, 9.17) is 4.74 Å². The Labute approximate surface area is 204 Å². The molecule has 3 rings (SSSR count). The lowest BCUT2D eigenvalue weighted by Crippen LogP contribution is -2.45. The number of nitrogens with one attached hydrogen (secondary N) is 1. The van der Waals surface area contributed by atoms with Crippen LogP contribution in [0, 0.1) is 23.1 Å². The minimum Gasteiger partial charge on any atom is -0.480 e. The summed E-state index contributed by atoms with van der Waals surface area (Å²) in [5, 5.41) is 12.9. The Hall–Kier alpha value is -3.36. The van der Waals surface area contributed by atoms with Crippen molar-refractivity contribution in [3.63, 3.8) is 0 Å². The van der Waals surface area contributed by atoms with Crippen LogP contribution in [0.3, 0.4) is 0 Å². The molecule has 0 bridgehead atoms. The zero-order chi connectivity index (χ0) is 25.6. The fourth-order valence-corrected chi connectivity index (χ4v) is 5.47. The first kappa shape index (κ1) is 26.2. The van der Waals surface area contributed by atoms with Gasteiger partial charge in [-0.25, -0.2) is 12.8 Å². The average molecular weight is 503 g/mol. The van der Waals surface area contributed by atoms with E-state index in [0.29, 0.717) is 36.7 Å². The number of nitrogens with zero attached hydrogens (tertiary/aromatic N) is 3. The van der Waals surface area contributed by atoms with Crippen LogP contribution in [0.15, 0.2) is 30.3 Å². The second-order valence-electron chi connectivity index (χ2n) is 8.21. The average Bonchev–Trinajstić information content (AvgIpc) is 2.85. The Balaban J connectivity index is 2.16. The van der Waals surface area contributed by atoms with Gasteiger partial charge in [0.05, 0.1) is 24.0 Å². The van der Waals surface area contributed by atoms with Crippen molar-refractivity contribution in [1.82, 2.24) is 10.3 Å². The van der Waals surface area contributed by atoms with Crippen LogP contribution in [-0.2, 0) is 20.6 Å². The quantitative estimate of drug-likeness (QED) is 0.518. The zero-order valence-electron chi connectivity index (χ0n) is 19.6. The molecule has 35 heavy (non-hydrogen) atoms. The molecule has 1 aliphatic heterocycles. The highest BCUT2D eigenvalue weighted by Gasteiger charge is 2.38. The number of piperidine rings is 1. The second-order valence-corrected chi connectivity index (χ2v) is 10.0. The van der Waals surface area contributed by atoms with E-state index >= 15 is 0 Å². The summed E-state index contributed by atoms with van der Waals surface area (Å²) in [4.78, 5) is 30.3. The van der Waals surface area contributed by atoms with Gasteiger partial charge in [-0.15, -0.1) is 0 Å². The number of pyridine rings is 1. The number of hydrogen-bond acceptors (Lipinski definition) is 8. The first-order valence-corrected chi connectivity index (χ1v) is 12.9. The predicted octanol–water partition coefficient (Wildman–Crippen LogP) is 2.95. The predicted molar refractivity (Wildman–Crippen MR) is 127 cm³/mol. The van der Waals surface area contributed by atoms with Gasteiger partial charge in [-0.2, -0.15) is 14.6 Å². The number of Topliss-reactive ketones (excluding diaryl/α,β-unsaturated/α-hetero) is 1. The molecule has 2 heterocycles. The highest BCUT2D eigenvalue weighted by atomic mass is 32.2. The van der Waals surface area contributed by atoms with Crippen LogP contribution in [0.25, 0.3) is 0 Å². The van der Waals surface area contributed by atoms with Crippen LogP contribution in [0.4, 0.5) is 10.2 Å². The number of carbonyl (C=O) groups is 2. The Kier molecular flexibility index (Phi) is 8.53. The number of amides is 1. The molecular weight excluding hydrogens is 475 g/mol. The van der Waals surface area contributed by atoms with Crippen molar-refractivity contribution in [1.29, 1.82) is 5.26 Å². The Morgan fingerprint density at radius 1 is 1.26 bits per heavy atom. The standard InChI is InChI=1S/C24H27FN4O5S/c1-3-4-21(30)20-13-18(14-26)22(28-23(20)34-2)29(24(31)17-9-11-27-12-10-17)35(32,33)15-16-5-7-19(25)8-6-16/h5-8,13,17,27H,3-4,9-12,15H2,1-2H3. The van der Waals surface area contributed by atoms with Crippen LogP contribution in [0.2, 0.25) is 0 Å². The molecule has 1 amide bonds. The van der Waals surface area contributed by atoms with Crippen LogP contribution < -0.4 is 14.4 Å². The number of methoxy groups -OCH3 is 1. The van der Waals surface area contributed by atoms with Gasteiger partial charge in [-0.05, 0) is 56.1 Å². The minimum atomic E-state index is -4.40. The first-order chi connectivity index (χ1) is 16.7. The van der Waals surface area contributed by atoms with E-state index in [-0.39, 0.29) is 34.8 Å². The van der Waals surface area contributed by atoms with Crippen LogP contribution in [0.5, 0.6) is 5.88 Å². The van der Waals surface area contributed by atoms with Crippen LogP contribution in [-0.4, -0.2) is 45.3 Å². The van der Waals surface area contributed by atoms with E-state index in [9.17, 15) is 27.7 Å². The molecule has 2 aromatic rings. The minimum absolute atomic E-state index is 0.0415. The summed E-state index contributed by atoms with van der Waals surface area (Å²) in [6.45, 7) is 2.89. The molecule has 186 valence electrons. The van der Waals surface area contributed by atoms with E-state index in [2.05, 4.69) is 10.3 Å². The van der Waals surface area contributed by atoms with Crippen molar-refractivity contribution in [2.45, 2.75) is 38.4 Å². The van der Waals surface area contributed by atoms with Crippen LogP contribution >= 0.6 is 0 Å². The summed E-state index contributed by atoms with van der Waals surface area (Å²) in [6.07, 6.45) is 1.56. The number of ether oxygens (including phenoxy) is 1. The molecule has 1 fully saturated rings. The number of aromatic nitrogens is 1. The summed E-state index contributed by atoms with van der Waals surface area (Å²) in [7, 11) is -3.13. The highest BCUT2D eigenvalue weighted by molar-refractivity contribution is 7.92. The fourth-order valence-electron chi connectivity index (χ4n) is 3.91. The largest absolute Gasteiger partial charge is 0.480 e. The van der Waals surface area contributed by atoms with Gasteiger partial charge in [0.15, 0.2) is 11.6 Å². The van der Waals surface area contributed by atoms with Gasteiger partial charge >= 0.3 is 0 Å². The topological polar surface area (TPSA) is 129 Å². The molecule has 1 aromatic heterocycles. The van der Waals surface area contributed by atoms with Crippen molar-refractivity contribution < 1.29 is 27.1 Å². The van der Waals surface area contributed by atoms with Crippen molar-refractivity contribution in [3.05, 3.63) is 52.8 Å². The van der Waals surface area contributed by atoms with Crippen molar-refractivity contribution in [2.24, 2.45) is 5.92 Å². The van der Waals surface area contributed by atoms with E-state index in [1.807, 2.05) is 13.0 Å². The van der Waals surface area contributed by atoms with E-state index < -0.39 is 39.2 Å². The number of benzene rings is 1. The lowest BCUT2D eigenvalue weighted by molar-refractivity contribution is -0.121. The van der Waals surface area contributed by atoms with Gasteiger partial charge in [-0.1, -0.05) is 19.1 Å². The third-order valence-corrected chi connectivity index (χ3v) is 7.29. The van der Waals surface area contributed by atoms with Crippen molar-refractivity contribution in [3.8, 4) is 11.9 Å². The van der Waals surface area contributed by atoms with Gasteiger partial charge in [0.25, 0.3) is 0 Å². The summed E-state index contributed by atoms with van der Waals surface area (Å²) in [6, 6.07) is 7.97. The molecule has 1 aliphatic rings. The third-order valence-electron chi connectivity index (χ3n) is 5.68. The van der Waals surface area contributed by atoms with Gasteiger partial charge < -0.3 is 10.1 Å². The summed E-state index contributed by atoms with van der Waals surface area (Å²) >= 11 is 0. The molecule has 0 atom stereocenters. The number of rotatable bonds is 9. The molecule has 1 aromatic carbocycles.